The van der Waals surface area contributed by atoms with Gasteiger partial charge in [-0.2, -0.15) is 0 Å². The monoisotopic (exact) mass is 488 g/mol. The molecule has 0 aliphatic carbocycles. The quantitative estimate of drug-likeness (QED) is 0.520. The first-order valence-corrected chi connectivity index (χ1v) is 13.3. The molecule has 3 aromatic rings. The number of amides is 2. The number of hydrogen-bond donors (Lipinski definition) is 0. The Labute approximate surface area is 212 Å². The van der Waals surface area contributed by atoms with Crippen LogP contribution in [0.3, 0.4) is 0 Å². The number of aromatic nitrogens is 4. The van der Waals surface area contributed by atoms with Crippen molar-refractivity contribution >= 4 is 22.8 Å². The molecule has 8 nitrogen and oxygen atoms in total. The molecule has 0 unspecified atom stereocenters. The van der Waals surface area contributed by atoms with Crippen LogP contribution in [0.4, 0.5) is 0 Å². The second kappa shape index (κ2) is 10.8. The average molecular weight is 489 g/mol. The van der Waals surface area contributed by atoms with E-state index in [4.69, 9.17) is 0 Å². The summed E-state index contributed by atoms with van der Waals surface area (Å²) in [5, 5.41) is 0. The highest BCUT2D eigenvalue weighted by atomic mass is 16.2. The van der Waals surface area contributed by atoms with E-state index in [0.29, 0.717) is 37.2 Å². The van der Waals surface area contributed by atoms with Gasteiger partial charge in [-0.25, -0.2) is 9.97 Å². The van der Waals surface area contributed by atoms with E-state index < -0.39 is 0 Å². The molecule has 2 aliphatic rings. The molecule has 36 heavy (non-hydrogen) atoms. The number of carbonyl (C=O) groups is 2. The number of hydrogen-bond acceptors (Lipinski definition) is 5. The SMILES string of the molecule is Cc1cnc(C(=O)N2CCC([C@@H]3CCCCN3C(=O)CCCn3c(C)nc4ccccc43)CC2)cn1. The average Bonchev–Trinajstić information content (AvgIpc) is 3.23. The topological polar surface area (TPSA) is 84.2 Å². The predicted octanol–water partition coefficient (Wildman–Crippen LogP) is 4.16. The van der Waals surface area contributed by atoms with Crippen molar-refractivity contribution in [2.24, 2.45) is 5.92 Å². The Bertz CT molecular complexity index is 1210. The molecule has 4 heterocycles. The number of para-hydroxylation sites is 2. The lowest BCUT2D eigenvalue weighted by Crippen LogP contribution is -2.51. The fourth-order valence-corrected chi connectivity index (χ4v) is 5.92. The smallest absolute Gasteiger partial charge is 0.274 e. The van der Waals surface area contributed by atoms with E-state index in [1.54, 1.807) is 12.4 Å². The van der Waals surface area contributed by atoms with Gasteiger partial charge in [0.05, 0.1) is 22.9 Å². The number of imidazole rings is 1. The number of fused-ring (bicyclic) bond motifs is 1. The maximum Gasteiger partial charge on any atom is 0.274 e. The lowest BCUT2D eigenvalue weighted by Gasteiger charge is -2.43. The summed E-state index contributed by atoms with van der Waals surface area (Å²) in [6, 6.07) is 8.47. The highest BCUT2D eigenvalue weighted by molar-refractivity contribution is 5.92. The van der Waals surface area contributed by atoms with Crippen molar-refractivity contribution in [3.63, 3.8) is 0 Å². The lowest BCUT2D eigenvalue weighted by atomic mass is 9.83. The summed E-state index contributed by atoms with van der Waals surface area (Å²) in [5.74, 6) is 1.68. The maximum absolute atomic E-state index is 13.3. The number of aryl methyl sites for hydroxylation is 3. The van der Waals surface area contributed by atoms with Crippen molar-refractivity contribution in [2.45, 2.75) is 71.4 Å². The van der Waals surface area contributed by atoms with Crippen molar-refractivity contribution < 1.29 is 9.59 Å². The summed E-state index contributed by atoms with van der Waals surface area (Å²) in [6.07, 6.45) is 9.77. The van der Waals surface area contributed by atoms with Gasteiger partial charge in [0.15, 0.2) is 0 Å². The van der Waals surface area contributed by atoms with E-state index in [1.165, 1.54) is 6.42 Å². The number of rotatable bonds is 6. The normalized spacial score (nSPS) is 19.1. The van der Waals surface area contributed by atoms with E-state index in [-0.39, 0.29) is 11.8 Å². The van der Waals surface area contributed by atoms with Gasteiger partial charge in [-0.3, -0.25) is 14.6 Å². The molecule has 0 saturated carbocycles. The van der Waals surface area contributed by atoms with E-state index in [9.17, 15) is 9.59 Å². The summed E-state index contributed by atoms with van der Waals surface area (Å²) in [6.45, 7) is 6.98. The van der Waals surface area contributed by atoms with Gasteiger partial charge in [0.2, 0.25) is 5.91 Å². The van der Waals surface area contributed by atoms with Gasteiger partial charge in [-0.15, -0.1) is 0 Å². The second-order valence-corrected chi connectivity index (χ2v) is 10.2. The molecule has 8 heteroatoms. The van der Waals surface area contributed by atoms with Gasteiger partial charge in [-0.1, -0.05) is 12.1 Å². The Kier molecular flexibility index (Phi) is 7.30. The minimum absolute atomic E-state index is 0.0418. The Morgan fingerprint density at radius 1 is 0.972 bits per heavy atom. The Morgan fingerprint density at radius 3 is 2.56 bits per heavy atom. The van der Waals surface area contributed by atoms with Gasteiger partial charge < -0.3 is 14.4 Å². The molecule has 2 aromatic heterocycles. The standard InChI is InChI=1S/C28H36N6O2/c1-20-18-30-24(19-29-20)28(36)32-16-12-22(13-17-32)25-9-5-6-14-34(25)27(35)11-7-15-33-21(2)31-23-8-3-4-10-26(23)33/h3-4,8,10,18-19,22,25H,5-7,9,11-17H2,1-2H3/t25-/m0/s1. The predicted molar refractivity (Wildman–Crippen MR) is 138 cm³/mol. The highest BCUT2D eigenvalue weighted by Gasteiger charge is 2.35. The molecule has 2 aliphatic heterocycles. The van der Waals surface area contributed by atoms with Crippen molar-refractivity contribution in [2.75, 3.05) is 19.6 Å². The summed E-state index contributed by atoms with van der Waals surface area (Å²) in [4.78, 5) is 43.3. The third-order valence-electron chi connectivity index (χ3n) is 7.86. The molecule has 190 valence electrons. The van der Waals surface area contributed by atoms with E-state index >= 15 is 0 Å². The molecule has 2 amide bonds. The summed E-state index contributed by atoms with van der Waals surface area (Å²) < 4.78 is 2.22. The fraction of sp³-hybridized carbons (Fsp3) is 0.536. The van der Waals surface area contributed by atoms with Gasteiger partial charge in [0, 0.05) is 44.8 Å². The Balaban J connectivity index is 1.16. The van der Waals surface area contributed by atoms with Gasteiger partial charge in [0.25, 0.3) is 5.91 Å². The molecule has 1 aromatic carbocycles. The Hall–Kier alpha value is -3.29. The lowest BCUT2D eigenvalue weighted by molar-refractivity contribution is -0.137. The fourth-order valence-electron chi connectivity index (χ4n) is 5.92. The number of benzene rings is 1. The van der Waals surface area contributed by atoms with Crippen LogP contribution in [-0.4, -0.2) is 66.8 Å². The molecular formula is C28H36N6O2. The zero-order chi connectivity index (χ0) is 25.1. The summed E-state index contributed by atoms with van der Waals surface area (Å²) in [7, 11) is 0. The van der Waals surface area contributed by atoms with Crippen LogP contribution in [0.25, 0.3) is 11.0 Å². The molecular weight excluding hydrogens is 452 g/mol. The zero-order valence-corrected chi connectivity index (χ0v) is 21.4. The van der Waals surface area contributed by atoms with Crippen molar-refractivity contribution in [1.82, 2.24) is 29.3 Å². The number of piperidine rings is 2. The molecule has 0 radical (unpaired) electrons. The number of likely N-dealkylation sites (tertiary alicyclic amines) is 2. The van der Waals surface area contributed by atoms with Gasteiger partial charge in [-0.05, 0) is 70.4 Å². The van der Waals surface area contributed by atoms with Crippen molar-refractivity contribution in [1.29, 1.82) is 0 Å². The number of nitrogens with zero attached hydrogens (tertiary/aromatic N) is 6. The van der Waals surface area contributed by atoms with Gasteiger partial charge in [0.1, 0.15) is 11.5 Å². The Morgan fingerprint density at radius 2 is 1.78 bits per heavy atom. The van der Waals surface area contributed by atoms with Crippen molar-refractivity contribution in [3.8, 4) is 0 Å². The largest absolute Gasteiger partial charge is 0.339 e. The summed E-state index contributed by atoms with van der Waals surface area (Å²) in [5.41, 5.74) is 3.36. The van der Waals surface area contributed by atoms with Crippen LogP contribution in [0.5, 0.6) is 0 Å². The molecule has 0 spiro atoms. The van der Waals surface area contributed by atoms with Crippen LogP contribution in [0, 0.1) is 19.8 Å². The third kappa shape index (κ3) is 5.13. The molecule has 2 fully saturated rings. The maximum atomic E-state index is 13.3. The highest BCUT2D eigenvalue weighted by Crippen LogP contribution is 2.31. The molecule has 0 bridgehead atoms. The summed E-state index contributed by atoms with van der Waals surface area (Å²) >= 11 is 0. The van der Waals surface area contributed by atoms with Crippen LogP contribution in [-0.2, 0) is 11.3 Å². The van der Waals surface area contributed by atoms with Crippen LogP contribution in [0.1, 0.15) is 67.0 Å². The first-order chi connectivity index (χ1) is 17.5. The first kappa shape index (κ1) is 24.4. The number of carbonyl (C=O) groups excluding carboxylic acids is 2. The molecule has 0 N–H and O–H groups in total. The minimum Gasteiger partial charge on any atom is -0.339 e. The van der Waals surface area contributed by atoms with Crippen LogP contribution >= 0.6 is 0 Å². The first-order valence-electron chi connectivity index (χ1n) is 13.3. The molecule has 1 atom stereocenters. The van der Waals surface area contributed by atoms with E-state index in [0.717, 1.165) is 67.7 Å². The zero-order valence-electron chi connectivity index (χ0n) is 21.4. The van der Waals surface area contributed by atoms with Gasteiger partial charge >= 0.3 is 0 Å². The third-order valence-corrected chi connectivity index (χ3v) is 7.86. The van der Waals surface area contributed by atoms with E-state index in [2.05, 4.69) is 30.5 Å². The van der Waals surface area contributed by atoms with Crippen LogP contribution < -0.4 is 0 Å². The van der Waals surface area contributed by atoms with Crippen molar-refractivity contribution in [3.05, 3.63) is 53.9 Å². The minimum atomic E-state index is -0.0418. The van der Waals surface area contributed by atoms with E-state index in [1.807, 2.05) is 36.9 Å². The second-order valence-electron chi connectivity index (χ2n) is 10.2. The van der Waals surface area contributed by atoms with Crippen LogP contribution in [0.2, 0.25) is 0 Å². The molecule has 2 saturated heterocycles. The molecule has 5 rings (SSSR count). The van der Waals surface area contributed by atoms with Crippen LogP contribution in [0.15, 0.2) is 36.7 Å².